The van der Waals surface area contributed by atoms with Crippen LogP contribution in [0.4, 0.5) is 22.7 Å². The van der Waals surface area contributed by atoms with Gasteiger partial charge in [0.1, 0.15) is 22.7 Å². The summed E-state index contributed by atoms with van der Waals surface area (Å²) < 4.78 is 0. The minimum Gasteiger partial charge on any atom is -0.145 e. The van der Waals surface area contributed by atoms with Crippen LogP contribution >= 0.6 is 0 Å². The van der Waals surface area contributed by atoms with E-state index in [-0.39, 0.29) is 22.7 Å². The highest BCUT2D eigenvalue weighted by molar-refractivity contribution is 5.95. The quantitative estimate of drug-likeness (QED) is 0.738. The van der Waals surface area contributed by atoms with Gasteiger partial charge in [0, 0.05) is 0 Å². The molecular weight excluding hydrogens is 240 g/mol. The van der Waals surface area contributed by atoms with Crippen LogP contribution in [0.2, 0.25) is 0 Å². The molecule has 2 aromatic carbocycles. The van der Waals surface area contributed by atoms with Crippen molar-refractivity contribution in [2.24, 2.45) is 20.7 Å². The molecule has 0 amide bonds. The van der Waals surface area contributed by atoms with Crippen molar-refractivity contribution in [2.75, 3.05) is 0 Å². The highest BCUT2D eigenvalue weighted by Crippen LogP contribution is 2.38. The number of rotatable bonds is 4. The van der Waals surface area contributed by atoms with Gasteiger partial charge in [-0.2, -0.15) is 0 Å². The Balaban J connectivity index is 2.84. The van der Waals surface area contributed by atoms with E-state index < -0.39 is 0 Å². The number of hydrogen-bond donors (Lipinski definition) is 0. The summed E-state index contributed by atoms with van der Waals surface area (Å²) >= 11 is 0. The first-order valence-corrected chi connectivity index (χ1v) is 4.68. The van der Waals surface area contributed by atoms with E-state index >= 15 is 0 Å². The van der Waals surface area contributed by atoms with E-state index in [0.717, 1.165) is 0 Å². The van der Waals surface area contributed by atoms with Gasteiger partial charge in [-0.15, -0.1) is 19.6 Å². The summed E-state index contributed by atoms with van der Waals surface area (Å²) in [5, 5.41) is 11.5. The Hall–Kier alpha value is -2.90. The first kappa shape index (κ1) is 11.6. The van der Waals surface area contributed by atoms with Crippen molar-refractivity contribution in [1.82, 2.24) is 0 Å². The number of hydrogen-bond acceptors (Lipinski definition) is 8. The topological polar surface area (TPSA) is 118 Å². The van der Waals surface area contributed by atoms with Crippen molar-refractivity contribution < 1.29 is 0 Å². The average molecular weight is 244 g/mol. The van der Waals surface area contributed by atoms with Gasteiger partial charge in [-0.1, -0.05) is 0 Å². The second kappa shape index (κ2) is 4.53. The predicted octanol–water partition coefficient (Wildman–Crippen LogP) is 4.43. The van der Waals surface area contributed by atoms with Crippen molar-refractivity contribution >= 4 is 33.5 Å². The average Bonchev–Trinajstić information content (AvgIpc) is 2.43. The molecule has 0 spiro atoms. The van der Waals surface area contributed by atoms with Gasteiger partial charge in [-0.25, -0.2) is 0 Å². The molecule has 0 aromatic heterocycles. The molecule has 0 bridgehead atoms. The number of benzene rings is 2. The van der Waals surface area contributed by atoms with E-state index in [4.69, 9.17) is 0 Å². The summed E-state index contributed by atoms with van der Waals surface area (Å²) in [6.07, 6.45) is 0. The van der Waals surface area contributed by atoms with Gasteiger partial charge in [0.2, 0.25) is 0 Å². The highest BCUT2D eigenvalue weighted by atomic mass is 16.3. The second-order valence-corrected chi connectivity index (χ2v) is 3.39. The van der Waals surface area contributed by atoms with Crippen LogP contribution < -0.4 is 0 Å². The molecule has 0 saturated heterocycles. The van der Waals surface area contributed by atoms with E-state index in [1.165, 1.54) is 24.3 Å². The summed E-state index contributed by atoms with van der Waals surface area (Å²) in [5.41, 5.74) is -0.607. The zero-order valence-electron chi connectivity index (χ0n) is 8.73. The fourth-order valence-corrected chi connectivity index (χ4v) is 1.59. The van der Waals surface area contributed by atoms with E-state index in [1.807, 2.05) is 0 Å². The van der Waals surface area contributed by atoms with Crippen LogP contribution in [0.15, 0.2) is 45.0 Å². The molecule has 0 aliphatic heterocycles. The third-order valence-corrected chi connectivity index (χ3v) is 2.42. The van der Waals surface area contributed by atoms with Gasteiger partial charge in [0.25, 0.3) is 0 Å². The molecule has 2 aromatic rings. The van der Waals surface area contributed by atoms with E-state index in [1.54, 1.807) is 0 Å². The zero-order valence-corrected chi connectivity index (χ0v) is 8.73. The minimum atomic E-state index is -0.152. The van der Waals surface area contributed by atoms with Gasteiger partial charge in [-0.05, 0) is 55.7 Å². The van der Waals surface area contributed by atoms with Crippen LogP contribution in [0.25, 0.3) is 10.8 Å². The van der Waals surface area contributed by atoms with E-state index in [0.29, 0.717) is 10.8 Å². The lowest BCUT2D eigenvalue weighted by Crippen LogP contribution is -1.75. The van der Waals surface area contributed by atoms with Crippen LogP contribution in [0.3, 0.4) is 0 Å². The van der Waals surface area contributed by atoms with Crippen LogP contribution in [0.1, 0.15) is 0 Å². The van der Waals surface area contributed by atoms with E-state index in [2.05, 4.69) is 20.7 Å². The molecule has 88 valence electrons. The Morgan fingerprint density at radius 3 is 0.889 bits per heavy atom. The van der Waals surface area contributed by atoms with Gasteiger partial charge in [0.15, 0.2) is 0 Å². The van der Waals surface area contributed by atoms with Crippen LogP contribution in [-0.4, -0.2) is 0 Å². The Morgan fingerprint density at radius 1 is 0.500 bits per heavy atom. The number of nitrogens with zero attached hydrogens (tertiary/aromatic N) is 4. The molecule has 0 atom stereocenters. The fraction of sp³-hybridized carbons (Fsp3) is 0. The number of nitroso groups, excluding NO2 is 4. The maximum atomic E-state index is 10.5. The zero-order chi connectivity index (χ0) is 13.1. The summed E-state index contributed by atoms with van der Waals surface area (Å²) in [5.74, 6) is 0. The Bertz CT molecular complexity index is 570. The molecule has 18 heavy (non-hydrogen) atoms. The molecular formula is C10H4N4O4. The lowest BCUT2D eigenvalue weighted by Gasteiger charge is -2.02. The first-order chi connectivity index (χ1) is 8.73. The van der Waals surface area contributed by atoms with Gasteiger partial charge < -0.3 is 0 Å². The first-order valence-electron chi connectivity index (χ1n) is 4.68. The Labute approximate surface area is 98.9 Å². The van der Waals surface area contributed by atoms with Gasteiger partial charge in [-0.3, -0.25) is 0 Å². The molecule has 0 N–H and O–H groups in total. The molecule has 0 aliphatic rings. The second-order valence-electron chi connectivity index (χ2n) is 3.39. The molecule has 0 heterocycles. The van der Waals surface area contributed by atoms with Crippen LogP contribution in [0, 0.1) is 19.6 Å². The summed E-state index contributed by atoms with van der Waals surface area (Å²) in [7, 11) is 0. The maximum Gasteiger partial charge on any atom is 0.137 e. The smallest absolute Gasteiger partial charge is 0.137 e. The molecule has 0 radical (unpaired) electrons. The van der Waals surface area contributed by atoms with Crippen molar-refractivity contribution in [3.8, 4) is 0 Å². The Morgan fingerprint density at radius 2 is 0.722 bits per heavy atom. The summed E-state index contributed by atoms with van der Waals surface area (Å²) in [6.45, 7) is 0. The molecule has 0 saturated carbocycles. The van der Waals surface area contributed by atoms with Crippen molar-refractivity contribution in [3.63, 3.8) is 0 Å². The van der Waals surface area contributed by atoms with Crippen molar-refractivity contribution in [3.05, 3.63) is 43.9 Å². The molecule has 2 rings (SSSR count). The molecule has 8 nitrogen and oxygen atoms in total. The third kappa shape index (κ3) is 1.75. The maximum absolute atomic E-state index is 10.5. The Kier molecular flexibility index (Phi) is 2.92. The normalized spacial score (nSPS) is 10.0. The lowest BCUT2D eigenvalue weighted by molar-refractivity contribution is 1.42. The van der Waals surface area contributed by atoms with Crippen LogP contribution in [-0.2, 0) is 0 Å². The van der Waals surface area contributed by atoms with Gasteiger partial charge >= 0.3 is 0 Å². The highest BCUT2D eigenvalue weighted by Gasteiger charge is 2.11. The molecule has 8 heteroatoms. The van der Waals surface area contributed by atoms with Crippen molar-refractivity contribution in [1.29, 1.82) is 0 Å². The monoisotopic (exact) mass is 244 g/mol. The predicted molar refractivity (Wildman–Crippen MR) is 65.8 cm³/mol. The SMILES string of the molecule is O=Nc1cc2cc(N=O)c(N=O)cc2cc1N=O. The van der Waals surface area contributed by atoms with Crippen LogP contribution in [0.5, 0.6) is 0 Å². The minimum absolute atomic E-state index is 0.152. The van der Waals surface area contributed by atoms with Gasteiger partial charge in [0.05, 0.1) is 0 Å². The summed E-state index contributed by atoms with van der Waals surface area (Å²) in [6, 6.07) is 5.12. The largest absolute Gasteiger partial charge is 0.145 e. The standard InChI is InChI=1S/C10H4N4O4/c15-11-7-1-5-2-9(13-17)10(14-18)4-6(5)3-8(7)12-16/h1-4H. The fourth-order valence-electron chi connectivity index (χ4n) is 1.59. The van der Waals surface area contributed by atoms with Crippen molar-refractivity contribution in [2.45, 2.75) is 0 Å². The third-order valence-electron chi connectivity index (χ3n) is 2.42. The molecule has 0 unspecified atom stereocenters. The molecule has 0 fully saturated rings. The lowest BCUT2D eigenvalue weighted by atomic mass is 10.1. The number of fused-ring (bicyclic) bond motifs is 1. The molecule has 0 aliphatic carbocycles. The van der Waals surface area contributed by atoms with E-state index in [9.17, 15) is 19.6 Å². The summed E-state index contributed by atoms with van der Waals surface area (Å²) in [4.78, 5) is 42.0.